The maximum absolute atomic E-state index is 14.2. The Morgan fingerprint density at radius 2 is 1.11 bits per heavy atom. The van der Waals surface area contributed by atoms with Crippen molar-refractivity contribution in [3.8, 4) is 0 Å². The van der Waals surface area contributed by atoms with Gasteiger partial charge in [-0.1, -0.05) is 20.8 Å². The van der Waals surface area contributed by atoms with Crippen molar-refractivity contribution in [1.29, 1.82) is 0 Å². The molecule has 166 valence electrons. The monoisotopic (exact) mass is 433 g/mol. The van der Waals surface area contributed by atoms with Crippen LogP contribution in [-0.4, -0.2) is 50.3 Å². The first-order chi connectivity index (χ1) is 12.9. The zero-order valence-corrected chi connectivity index (χ0v) is 18.2. The summed E-state index contributed by atoms with van der Waals surface area (Å²) in [4.78, 5) is 2.14. The van der Waals surface area contributed by atoms with E-state index in [2.05, 4.69) is 4.90 Å². The summed E-state index contributed by atoms with van der Waals surface area (Å²) in [7, 11) is -1.22. The van der Waals surface area contributed by atoms with Gasteiger partial charge >= 0.3 is 12.4 Å². The van der Waals surface area contributed by atoms with E-state index in [1.807, 2.05) is 7.05 Å². The normalized spacial score (nSPS) is 25.4. The maximum atomic E-state index is 14.2. The van der Waals surface area contributed by atoms with E-state index >= 15 is 0 Å². The molecule has 0 radical (unpaired) electrons. The number of alkyl halides is 6. The van der Waals surface area contributed by atoms with Crippen LogP contribution in [0.25, 0.3) is 0 Å². The molecule has 0 aliphatic heterocycles. The van der Waals surface area contributed by atoms with Crippen molar-refractivity contribution in [2.24, 2.45) is 5.92 Å². The molecule has 2 nitrogen and oxygen atoms in total. The van der Waals surface area contributed by atoms with E-state index in [0.717, 1.165) is 12.8 Å². The highest BCUT2D eigenvalue weighted by Crippen LogP contribution is 2.56. The van der Waals surface area contributed by atoms with Crippen LogP contribution in [0.1, 0.15) is 59.3 Å². The fourth-order valence-corrected chi connectivity index (χ4v) is 7.81. The summed E-state index contributed by atoms with van der Waals surface area (Å²) < 4.78 is 90.3. The molecule has 0 amide bonds. The minimum absolute atomic E-state index is 0.0634. The van der Waals surface area contributed by atoms with E-state index in [1.54, 1.807) is 20.8 Å². The Labute approximate surface area is 165 Å². The minimum Gasteiger partial charge on any atom is -0.396 e. The molecule has 28 heavy (non-hydrogen) atoms. The predicted molar refractivity (Wildman–Crippen MR) is 99.7 cm³/mol. The first kappa shape index (κ1) is 24.0. The van der Waals surface area contributed by atoms with Crippen LogP contribution in [0.15, 0.2) is 0 Å². The van der Waals surface area contributed by atoms with Crippen LogP contribution in [0, 0.1) is 5.92 Å². The van der Waals surface area contributed by atoms with Crippen LogP contribution in [0.3, 0.4) is 0 Å². The lowest BCUT2D eigenvalue weighted by molar-refractivity contribution is -0.380. The van der Waals surface area contributed by atoms with Crippen molar-refractivity contribution in [1.82, 2.24) is 4.90 Å². The SMILES string of the molecule is CC[Si](CC)(CC)OC(C1CCC(N(C)C2CC2)CC1)(C(F)(F)F)C(F)(F)F. The maximum Gasteiger partial charge on any atom is 0.425 e. The zero-order valence-electron chi connectivity index (χ0n) is 17.2. The van der Waals surface area contributed by atoms with Gasteiger partial charge in [-0.05, 0) is 63.7 Å². The van der Waals surface area contributed by atoms with Gasteiger partial charge in [-0.3, -0.25) is 0 Å². The van der Waals surface area contributed by atoms with Gasteiger partial charge < -0.3 is 9.33 Å². The van der Waals surface area contributed by atoms with E-state index in [9.17, 15) is 26.3 Å². The van der Waals surface area contributed by atoms with Crippen molar-refractivity contribution in [2.75, 3.05) is 7.05 Å². The van der Waals surface area contributed by atoms with Gasteiger partial charge in [0.2, 0.25) is 0 Å². The molecule has 0 heterocycles. The molecule has 0 aromatic heterocycles. The number of hydrogen-bond acceptors (Lipinski definition) is 2. The third-order valence-corrected chi connectivity index (χ3v) is 11.7. The van der Waals surface area contributed by atoms with E-state index in [1.165, 1.54) is 0 Å². The quantitative estimate of drug-likeness (QED) is 0.319. The molecule has 0 unspecified atom stereocenters. The van der Waals surface area contributed by atoms with Gasteiger partial charge in [-0.15, -0.1) is 0 Å². The van der Waals surface area contributed by atoms with Gasteiger partial charge in [-0.2, -0.15) is 26.3 Å². The highest BCUT2D eigenvalue weighted by molar-refractivity contribution is 6.73. The Kier molecular flexibility index (Phi) is 7.24. The van der Waals surface area contributed by atoms with E-state index in [0.29, 0.717) is 18.9 Å². The lowest BCUT2D eigenvalue weighted by Gasteiger charge is -2.50. The molecule has 0 saturated heterocycles. The summed E-state index contributed by atoms with van der Waals surface area (Å²) in [5, 5.41) is 0. The van der Waals surface area contributed by atoms with Gasteiger partial charge in [-0.25, -0.2) is 0 Å². The topological polar surface area (TPSA) is 12.5 Å². The first-order valence-corrected chi connectivity index (χ1v) is 13.0. The molecule has 2 fully saturated rings. The predicted octanol–water partition coefficient (Wildman–Crippen LogP) is 6.52. The minimum atomic E-state index is -5.48. The molecule has 2 saturated carbocycles. The Balaban J connectivity index is 2.35. The standard InChI is InChI=1S/C19H33F6NOSi/c1-5-28(6-2,7-3)27-17(18(20,21)22,19(23,24)25)14-8-10-15(11-9-14)26(4)16-12-13-16/h14-16H,5-13H2,1-4H3. The van der Waals surface area contributed by atoms with E-state index in [4.69, 9.17) is 4.43 Å². The Morgan fingerprint density at radius 3 is 1.39 bits per heavy atom. The second kappa shape index (κ2) is 8.45. The average Bonchev–Trinajstić information content (AvgIpc) is 3.46. The summed E-state index contributed by atoms with van der Waals surface area (Å²) in [6.45, 7) is 4.95. The molecule has 9 heteroatoms. The van der Waals surface area contributed by atoms with Gasteiger partial charge in [0.15, 0.2) is 8.32 Å². The molecule has 0 aromatic carbocycles. The van der Waals surface area contributed by atoms with Crippen LogP contribution in [-0.2, 0) is 4.43 Å². The summed E-state index contributed by atoms with van der Waals surface area (Å²) in [5.74, 6) is -1.58. The highest BCUT2D eigenvalue weighted by Gasteiger charge is 2.76. The summed E-state index contributed by atoms with van der Waals surface area (Å²) in [6.07, 6.45) is -8.35. The second-order valence-electron chi connectivity index (χ2n) is 8.48. The molecular weight excluding hydrogens is 400 g/mol. The van der Waals surface area contributed by atoms with Gasteiger partial charge in [0.25, 0.3) is 5.60 Å². The van der Waals surface area contributed by atoms with Crippen LogP contribution >= 0.6 is 0 Å². The fraction of sp³-hybridized carbons (Fsp3) is 1.00. The molecule has 0 atom stereocenters. The van der Waals surface area contributed by atoms with E-state index < -0.39 is 32.2 Å². The molecule has 0 bridgehead atoms. The van der Waals surface area contributed by atoms with Crippen molar-refractivity contribution >= 4 is 8.32 Å². The van der Waals surface area contributed by atoms with Gasteiger partial charge in [0.1, 0.15) is 0 Å². The summed E-state index contributed by atoms with van der Waals surface area (Å²) in [5.41, 5.74) is -4.04. The number of halogens is 6. The molecular formula is C19H33F6NOSi. The number of nitrogens with zero attached hydrogens (tertiary/aromatic N) is 1. The Hall–Kier alpha value is -0.283. The number of hydrogen-bond donors (Lipinski definition) is 0. The molecule has 2 aliphatic carbocycles. The molecule has 2 aliphatic rings. The molecule has 0 spiro atoms. The highest BCUT2D eigenvalue weighted by atomic mass is 28.4. The van der Waals surface area contributed by atoms with Crippen molar-refractivity contribution in [2.45, 2.75) is 107 Å². The van der Waals surface area contributed by atoms with Crippen LogP contribution < -0.4 is 0 Å². The van der Waals surface area contributed by atoms with Crippen LogP contribution in [0.4, 0.5) is 26.3 Å². The van der Waals surface area contributed by atoms with Crippen molar-refractivity contribution in [3.63, 3.8) is 0 Å². The Morgan fingerprint density at radius 1 is 0.750 bits per heavy atom. The van der Waals surface area contributed by atoms with Crippen molar-refractivity contribution in [3.05, 3.63) is 0 Å². The summed E-state index contributed by atoms with van der Waals surface area (Å²) in [6, 6.07) is 1.23. The lowest BCUT2D eigenvalue weighted by atomic mass is 9.74. The third-order valence-electron chi connectivity index (χ3n) is 7.12. The fourth-order valence-electron chi connectivity index (χ4n) is 4.80. The van der Waals surface area contributed by atoms with Gasteiger partial charge in [0, 0.05) is 18.0 Å². The van der Waals surface area contributed by atoms with E-state index in [-0.39, 0.29) is 37.0 Å². The molecule has 0 aromatic rings. The Bertz CT molecular complexity index is 485. The first-order valence-electron chi connectivity index (χ1n) is 10.4. The van der Waals surface area contributed by atoms with Gasteiger partial charge in [0.05, 0.1) is 0 Å². The molecule has 2 rings (SSSR count). The second-order valence-corrected chi connectivity index (χ2v) is 13.2. The smallest absolute Gasteiger partial charge is 0.396 e. The number of rotatable bonds is 8. The average molecular weight is 434 g/mol. The van der Waals surface area contributed by atoms with Crippen LogP contribution in [0.5, 0.6) is 0 Å². The van der Waals surface area contributed by atoms with Crippen molar-refractivity contribution < 1.29 is 30.8 Å². The molecule has 0 N–H and O–H groups in total. The zero-order chi connectivity index (χ0) is 21.4. The third kappa shape index (κ3) is 4.41. The summed E-state index contributed by atoms with van der Waals surface area (Å²) >= 11 is 0. The largest absolute Gasteiger partial charge is 0.425 e. The lowest BCUT2D eigenvalue weighted by Crippen LogP contribution is -2.68. The van der Waals surface area contributed by atoms with Crippen LogP contribution in [0.2, 0.25) is 18.1 Å².